The van der Waals surface area contributed by atoms with Crippen LogP contribution in [0.2, 0.25) is 0 Å². The molecule has 5 nitrogen and oxygen atoms in total. The lowest BCUT2D eigenvalue weighted by atomic mass is 10.1. The minimum atomic E-state index is -0.0720. The van der Waals surface area contributed by atoms with Crippen molar-refractivity contribution in [3.8, 4) is 6.01 Å². The van der Waals surface area contributed by atoms with E-state index in [1.807, 2.05) is 6.92 Å². The van der Waals surface area contributed by atoms with Crippen LogP contribution < -0.4 is 10.1 Å². The van der Waals surface area contributed by atoms with Crippen molar-refractivity contribution in [1.82, 2.24) is 15.0 Å². The van der Waals surface area contributed by atoms with E-state index in [2.05, 4.69) is 41.0 Å². The van der Waals surface area contributed by atoms with Gasteiger partial charge in [0.1, 0.15) is 5.82 Å². The van der Waals surface area contributed by atoms with Gasteiger partial charge in [-0.2, -0.15) is 15.0 Å². The number of aromatic nitrogens is 3. The van der Waals surface area contributed by atoms with Gasteiger partial charge in [-0.1, -0.05) is 6.92 Å². The maximum absolute atomic E-state index is 5.01. The van der Waals surface area contributed by atoms with Crippen LogP contribution in [-0.4, -0.2) is 27.6 Å². The third-order valence-corrected chi connectivity index (χ3v) is 1.65. The predicted octanol–water partition coefficient (Wildman–Crippen LogP) is 1.65. The van der Waals surface area contributed by atoms with Gasteiger partial charge in [-0.05, 0) is 20.8 Å². The first kappa shape index (κ1) is 11.7. The average molecular weight is 210 g/mol. The lowest BCUT2D eigenvalue weighted by Crippen LogP contribution is -2.27. The van der Waals surface area contributed by atoms with Crippen molar-refractivity contribution in [2.45, 2.75) is 39.7 Å². The summed E-state index contributed by atoms with van der Waals surface area (Å²) in [7, 11) is 1.55. The number of ether oxygens (including phenoxy) is 1. The number of aryl methyl sites for hydroxylation is 1. The summed E-state index contributed by atoms with van der Waals surface area (Å²) in [5.41, 5.74) is -0.0720. The highest BCUT2D eigenvalue weighted by molar-refractivity contribution is 5.29. The van der Waals surface area contributed by atoms with Crippen molar-refractivity contribution in [2.24, 2.45) is 0 Å². The van der Waals surface area contributed by atoms with Crippen LogP contribution in [0.5, 0.6) is 6.01 Å². The maximum Gasteiger partial charge on any atom is 0.321 e. The lowest BCUT2D eigenvalue weighted by molar-refractivity contribution is 0.376. The fourth-order valence-electron chi connectivity index (χ4n) is 1.04. The van der Waals surface area contributed by atoms with E-state index in [1.165, 1.54) is 0 Å². The summed E-state index contributed by atoms with van der Waals surface area (Å²) in [4.78, 5) is 12.5. The van der Waals surface area contributed by atoms with Crippen LogP contribution in [0.15, 0.2) is 0 Å². The fourth-order valence-corrected chi connectivity index (χ4v) is 1.04. The summed E-state index contributed by atoms with van der Waals surface area (Å²) in [5, 5.41) is 3.19. The van der Waals surface area contributed by atoms with Crippen LogP contribution in [0.4, 0.5) is 5.95 Å². The molecule has 1 heterocycles. The summed E-state index contributed by atoms with van der Waals surface area (Å²) in [5.74, 6) is 1.29. The molecule has 5 heteroatoms. The molecule has 1 rings (SSSR count). The molecule has 1 N–H and O–H groups in total. The topological polar surface area (TPSA) is 59.9 Å². The number of anilines is 1. The molecular formula is C10H18N4O. The molecule has 0 saturated carbocycles. The van der Waals surface area contributed by atoms with E-state index in [4.69, 9.17) is 4.74 Å². The summed E-state index contributed by atoms with van der Waals surface area (Å²) in [6.45, 7) is 8.15. The molecule has 0 atom stereocenters. The minimum absolute atomic E-state index is 0.0720. The SMILES string of the molecule is CCc1nc(NC(C)(C)C)nc(OC)n1. The highest BCUT2D eigenvalue weighted by Gasteiger charge is 2.13. The first-order chi connectivity index (χ1) is 6.94. The zero-order valence-electron chi connectivity index (χ0n) is 9.96. The summed E-state index contributed by atoms with van der Waals surface area (Å²) < 4.78 is 5.01. The van der Waals surface area contributed by atoms with Crippen molar-refractivity contribution in [1.29, 1.82) is 0 Å². The number of hydrogen-bond donors (Lipinski definition) is 1. The molecule has 0 bridgehead atoms. The van der Waals surface area contributed by atoms with E-state index in [9.17, 15) is 0 Å². The largest absolute Gasteiger partial charge is 0.467 e. The molecule has 1 aromatic heterocycles. The van der Waals surface area contributed by atoms with Crippen molar-refractivity contribution < 1.29 is 4.74 Å². The Morgan fingerprint density at radius 2 is 1.87 bits per heavy atom. The maximum atomic E-state index is 5.01. The van der Waals surface area contributed by atoms with Gasteiger partial charge in [0.15, 0.2) is 0 Å². The molecule has 0 radical (unpaired) electrons. The van der Waals surface area contributed by atoms with Gasteiger partial charge in [-0.3, -0.25) is 0 Å². The van der Waals surface area contributed by atoms with Crippen LogP contribution in [-0.2, 0) is 6.42 Å². The molecule has 0 saturated heterocycles. The van der Waals surface area contributed by atoms with Gasteiger partial charge in [0, 0.05) is 12.0 Å². The summed E-state index contributed by atoms with van der Waals surface area (Å²) in [6, 6.07) is 0.355. The second-order valence-corrected chi connectivity index (χ2v) is 4.29. The van der Waals surface area contributed by atoms with Gasteiger partial charge in [-0.15, -0.1) is 0 Å². The van der Waals surface area contributed by atoms with E-state index in [0.29, 0.717) is 12.0 Å². The second kappa shape index (κ2) is 4.42. The number of methoxy groups -OCH3 is 1. The van der Waals surface area contributed by atoms with Crippen LogP contribution in [0, 0.1) is 0 Å². The van der Waals surface area contributed by atoms with Gasteiger partial charge in [0.05, 0.1) is 7.11 Å². The first-order valence-electron chi connectivity index (χ1n) is 5.01. The fraction of sp³-hybridized carbons (Fsp3) is 0.700. The van der Waals surface area contributed by atoms with Crippen LogP contribution in [0.25, 0.3) is 0 Å². The quantitative estimate of drug-likeness (QED) is 0.822. The van der Waals surface area contributed by atoms with Gasteiger partial charge in [0.25, 0.3) is 0 Å². The van der Waals surface area contributed by atoms with Gasteiger partial charge < -0.3 is 10.1 Å². The summed E-state index contributed by atoms with van der Waals surface area (Å²) >= 11 is 0. The Morgan fingerprint density at radius 3 is 2.33 bits per heavy atom. The molecule has 0 aromatic carbocycles. The van der Waals surface area contributed by atoms with E-state index >= 15 is 0 Å². The molecule has 0 amide bonds. The minimum Gasteiger partial charge on any atom is -0.467 e. The lowest BCUT2D eigenvalue weighted by Gasteiger charge is -2.20. The predicted molar refractivity (Wildman–Crippen MR) is 59.1 cm³/mol. The van der Waals surface area contributed by atoms with Crippen molar-refractivity contribution >= 4 is 5.95 Å². The average Bonchev–Trinajstić information content (AvgIpc) is 2.14. The third-order valence-electron chi connectivity index (χ3n) is 1.65. The smallest absolute Gasteiger partial charge is 0.321 e. The number of rotatable bonds is 3. The Morgan fingerprint density at radius 1 is 1.20 bits per heavy atom. The third kappa shape index (κ3) is 3.69. The number of nitrogens with zero attached hydrogens (tertiary/aromatic N) is 3. The molecular weight excluding hydrogens is 192 g/mol. The van der Waals surface area contributed by atoms with Gasteiger partial charge in [-0.25, -0.2) is 0 Å². The van der Waals surface area contributed by atoms with Crippen LogP contribution in [0.3, 0.4) is 0 Å². The normalized spacial score (nSPS) is 11.3. The van der Waals surface area contributed by atoms with E-state index < -0.39 is 0 Å². The van der Waals surface area contributed by atoms with E-state index in [0.717, 1.165) is 12.2 Å². The molecule has 15 heavy (non-hydrogen) atoms. The highest BCUT2D eigenvalue weighted by Crippen LogP contribution is 2.12. The Bertz CT molecular complexity index is 310. The van der Waals surface area contributed by atoms with Crippen molar-refractivity contribution in [3.63, 3.8) is 0 Å². The van der Waals surface area contributed by atoms with Crippen LogP contribution >= 0.6 is 0 Å². The van der Waals surface area contributed by atoms with Gasteiger partial charge >= 0.3 is 6.01 Å². The van der Waals surface area contributed by atoms with Gasteiger partial charge in [0.2, 0.25) is 5.95 Å². The number of nitrogens with one attached hydrogen (secondary N) is 1. The standard InChI is InChI=1S/C10H18N4O/c1-6-7-11-8(14-10(2,3)4)13-9(12-7)15-5/h6H2,1-5H3,(H,11,12,13,14). The molecule has 0 spiro atoms. The first-order valence-corrected chi connectivity index (χ1v) is 5.01. The molecule has 84 valence electrons. The molecule has 0 aliphatic carbocycles. The molecule has 0 aliphatic heterocycles. The zero-order valence-corrected chi connectivity index (χ0v) is 9.96. The van der Waals surface area contributed by atoms with Crippen molar-refractivity contribution in [3.05, 3.63) is 5.82 Å². The summed E-state index contributed by atoms with van der Waals surface area (Å²) in [6.07, 6.45) is 0.762. The Balaban J connectivity index is 2.97. The Hall–Kier alpha value is -1.39. The highest BCUT2D eigenvalue weighted by atomic mass is 16.5. The zero-order chi connectivity index (χ0) is 11.5. The molecule has 0 fully saturated rings. The van der Waals surface area contributed by atoms with Crippen molar-refractivity contribution in [2.75, 3.05) is 12.4 Å². The Labute approximate surface area is 90.3 Å². The molecule has 1 aromatic rings. The number of hydrogen-bond acceptors (Lipinski definition) is 5. The van der Waals surface area contributed by atoms with E-state index in [1.54, 1.807) is 7.11 Å². The monoisotopic (exact) mass is 210 g/mol. The van der Waals surface area contributed by atoms with Crippen LogP contribution in [0.1, 0.15) is 33.5 Å². The Kier molecular flexibility index (Phi) is 3.44. The molecule has 0 aliphatic rings. The molecule has 0 unspecified atom stereocenters. The second-order valence-electron chi connectivity index (χ2n) is 4.29. The van der Waals surface area contributed by atoms with E-state index in [-0.39, 0.29) is 5.54 Å².